The Labute approximate surface area is 108 Å². The molecule has 2 heterocycles. The Morgan fingerprint density at radius 2 is 2.33 bits per heavy atom. The molecule has 0 saturated carbocycles. The van der Waals surface area contributed by atoms with Crippen LogP contribution in [0, 0.1) is 0 Å². The van der Waals surface area contributed by atoms with Crippen LogP contribution in [0.1, 0.15) is 56.8 Å². The van der Waals surface area contributed by atoms with Gasteiger partial charge in [-0.05, 0) is 32.7 Å². The minimum atomic E-state index is 0.275. The Hall–Kier alpha value is -0.940. The summed E-state index contributed by atoms with van der Waals surface area (Å²) in [7, 11) is 0. The van der Waals surface area contributed by atoms with Crippen molar-refractivity contribution in [1.29, 1.82) is 0 Å². The number of ether oxygens (including phenoxy) is 1. The molecule has 1 aromatic heterocycles. The van der Waals surface area contributed by atoms with E-state index in [0.717, 1.165) is 50.7 Å². The molecule has 1 aliphatic rings. The SMILES string of the molecule is CCOCCCc1nc(C2CCCCCN2)no1. The topological polar surface area (TPSA) is 60.2 Å². The predicted molar refractivity (Wildman–Crippen MR) is 68.3 cm³/mol. The van der Waals surface area contributed by atoms with E-state index in [1.165, 1.54) is 19.3 Å². The summed E-state index contributed by atoms with van der Waals surface area (Å²) in [5.41, 5.74) is 0. The van der Waals surface area contributed by atoms with Gasteiger partial charge >= 0.3 is 0 Å². The van der Waals surface area contributed by atoms with Crippen molar-refractivity contribution < 1.29 is 9.26 Å². The zero-order valence-corrected chi connectivity index (χ0v) is 11.2. The average molecular weight is 253 g/mol. The van der Waals surface area contributed by atoms with E-state index in [1.807, 2.05) is 6.92 Å². The summed E-state index contributed by atoms with van der Waals surface area (Å²) in [6.45, 7) is 4.58. The molecule has 1 fully saturated rings. The molecule has 0 aliphatic carbocycles. The van der Waals surface area contributed by atoms with Crippen LogP contribution >= 0.6 is 0 Å². The van der Waals surface area contributed by atoms with Gasteiger partial charge in [-0.1, -0.05) is 18.0 Å². The van der Waals surface area contributed by atoms with Crippen molar-refractivity contribution in [2.45, 2.75) is 51.5 Å². The maximum Gasteiger partial charge on any atom is 0.226 e. The summed E-state index contributed by atoms with van der Waals surface area (Å²) >= 11 is 0. The highest BCUT2D eigenvalue weighted by molar-refractivity contribution is 4.95. The van der Waals surface area contributed by atoms with E-state index >= 15 is 0 Å². The van der Waals surface area contributed by atoms with Crippen molar-refractivity contribution in [2.24, 2.45) is 0 Å². The highest BCUT2D eigenvalue weighted by Gasteiger charge is 2.19. The average Bonchev–Trinajstić information content (AvgIpc) is 2.69. The summed E-state index contributed by atoms with van der Waals surface area (Å²) in [6, 6.07) is 0.275. The first kappa shape index (κ1) is 13.5. The Kier molecular flexibility index (Phi) is 5.61. The van der Waals surface area contributed by atoms with Crippen LogP contribution in [-0.2, 0) is 11.2 Å². The van der Waals surface area contributed by atoms with Gasteiger partial charge in [-0.25, -0.2) is 0 Å². The fraction of sp³-hybridized carbons (Fsp3) is 0.846. The van der Waals surface area contributed by atoms with Gasteiger partial charge < -0.3 is 14.6 Å². The summed E-state index contributed by atoms with van der Waals surface area (Å²) < 4.78 is 10.6. The van der Waals surface area contributed by atoms with Gasteiger partial charge in [0, 0.05) is 19.6 Å². The standard InChI is InChI=1S/C13H23N3O2/c1-2-17-10-6-8-12-15-13(16-18-12)11-7-4-3-5-9-14-11/h11,14H,2-10H2,1H3. The number of aryl methyl sites for hydroxylation is 1. The Bertz CT molecular complexity index is 333. The normalized spacial score (nSPS) is 20.8. The van der Waals surface area contributed by atoms with Gasteiger partial charge in [-0.3, -0.25) is 0 Å². The van der Waals surface area contributed by atoms with E-state index in [4.69, 9.17) is 9.26 Å². The van der Waals surface area contributed by atoms with Crippen molar-refractivity contribution in [3.8, 4) is 0 Å². The molecular formula is C13H23N3O2. The van der Waals surface area contributed by atoms with E-state index < -0.39 is 0 Å². The molecule has 5 nitrogen and oxygen atoms in total. The molecule has 0 bridgehead atoms. The number of hydrogen-bond acceptors (Lipinski definition) is 5. The third-order valence-corrected chi connectivity index (χ3v) is 3.24. The Morgan fingerprint density at radius 3 is 3.22 bits per heavy atom. The lowest BCUT2D eigenvalue weighted by molar-refractivity contribution is 0.143. The van der Waals surface area contributed by atoms with Gasteiger partial charge in [-0.2, -0.15) is 4.98 Å². The molecule has 1 aromatic rings. The first-order chi connectivity index (χ1) is 8.90. The molecule has 0 spiro atoms. The second kappa shape index (κ2) is 7.48. The molecule has 5 heteroatoms. The number of rotatable bonds is 6. The Balaban J connectivity index is 1.81. The van der Waals surface area contributed by atoms with Gasteiger partial charge in [0.25, 0.3) is 0 Å². The van der Waals surface area contributed by atoms with Crippen LogP contribution in [0.15, 0.2) is 4.52 Å². The molecule has 1 saturated heterocycles. The monoisotopic (exact) mass is 253 g/mol. The van der Waals surface area contributed by atoms with Gasteiger partial charge in [-0.15, -0.1) is 0 Å². The van der Waals surface area contributed by atoms with Crippen molar-refractivity contribution in [3.05, 3.63) is 11.7 Å². The lowest BCUT2D eigenvalue weighted by atomic mass is 10.1. The minimum absolute atomic E-state index is 0.275. The molecule has 0 aromatic carbocycles. The second-order valence-corrected chi connectivity index (χ2v) is 4.70. The van der Waals surface area contributed by atoms with E-state index in [9.17, 15) is 0 Å². The molecule has 1 N–H and O–H groups in total. The quantitative estimate of drug-likeness (QED) is 0.788. The maximum atomic E-state index is 5.29. The summed E-state index contributed by atoms with van der Waals surface area (Å²) in [5.74, 6) is 1.55. The van der Waals surface area contributed by atoms with Crippen LogP contribution in [0.5, 0.6) is 0 Å². The van der Waals surface area contributed by atoms with E-state index in [-0.39, 0.29) is 6.04 Å². The van der Waals surface area contributed by atoms with Gasteiger partial charge in [0.1, 0.15) is 0 Å². The zero-order chi connectivity index (χ0) is 12.6. The zero-order valence-electron chi connectivity index (χ0n) is 11.2. The lowest BCUT2D eigenvalue weighted by Gasteiger charge is -2.09. The third-order valence-electron chi connectivity index (χ3n) is 3.24. The summed E-state index contributed by atoms with van der Waals surface area (Å²) in [4.78, 5) is 4.48. The van der Waals surface area contributed by atoms with Crippen molar-refractivity contribution in [3.63, 3.8) is 0 Å². The fourth-order valence-corrected chi connectivity index (χ4v) is 2.23. The van der Waals surface area contributed by atoms with Gasteiger partial charge in [0.2, 0.25) is 5.89 Å². The molecule has 102 valence electrons. The highest BCUT2D eigenvalue weighted by atomic mass is 16.5. The van der Waals surface area contributed by atoms with Crippen LogP contribution < -0.4 is 5.32 Å². The largest absolute Gasteiger partial charge is 0.382 e. The predicted octanol–water partition coefficient (Wildman–Crippen LogP) is 2.24. The molecule has 2 rings (SSSR count). The molecule has 0 radical (unpaired) electrons. The minimum Gasteiger partial charge on any atom is -0.382 e. The van der Waals surface area contributed by atoms with Crippen LogP contribution in [0.25, 0.3) is 0 Å². The summed E-state index contributed by atoms with van der Waals surface area (Å²) in [5, 5.41) is 7.57. The summed E-state index contributed by atoms with van der Waals surface area (Å²) in [6.07, 6.45) is 6.63. The molecular weight excluding hydrogens is 230 g/mol. The lowest BCUT2D eigenvalue weighted by Crippen LogP contribution is -2.21. The van der Waals surface area contributed by atoms with Crippen molar-refractivity contribution in [2.75, 3.05) is 19.8 Å². The third kappa shape index (κ3) is 4.07. The van der Waals surface area contributed by atoms with Crippen molar-refractivity contribution in [1.82, 2.24) is 15.5 Å². The number of nitrogens with zero attached hydrogens (tertiary/aromatic N) is 2. The van der Waals surface area contributed by atoms with Crippen LogP contribution in [-0.4, -0.2) is 29.9 Å². The van der Waals surface area contributed by atoms with E-state index in [0.29, 0.717) is 0 Å². The van der Waals surface area contributed by atoms with Crippen molar-refractivity contribution >= 4 is 0 Å². The molecule has 18 heavy (non-hydrogen) atoms. The van der Waals surface area contributed by atoms with E-state index in [2.05, 4.69) is 15.5 Å². The Morgan fingerprint density at radius 1 is 1.39 bits per heavy atom. The highest BCUT2D eigenvalue weighted by Crippen LogP contribution is 2.20. The number of nitrogens with one attached hydrogen (secondary N) is 1. The van der Waals surface area contributed by atoms with Crippen LogP contribution in [0.4, 0.5) is 0 Å². The van der Waals surface area contributed by atoms with Crippen LogP contribution in [0.3, 0.4) is 0 Å². The number of aromatic nitrogens is 2. The van der Waals surface area contributed by atoms with Gasteiger partial charge in [0.15, 0.2) is 5.82 Å². The molecule has 0 amide bonds. The van der Waals surface area contributed by atoms with Crippen LogP contribution in [0.2, 0.25) is 0 Å². The first-order valence-corrected chi connectivity index (χ1v) is 7.03. The molecule has 1 atom stereocenters. The first-order valence-electron chi connectivity index (χ1n) is 7.03. The van der Waals surface area contributed by atoms with E-state index in [1.54, 1.807) is 0 Å². The number of hydrogen-bond donors (Lipinski definition) is 1. The maximum absolute atomic E-state index is 5.29. The molecule has 1 unspecified atom stereocenters. The smallest absolute Gasteiger partial charge is 0.226 e. The van der Waals surface area contributed by atoms with Gasteiger partial charge in [0.05, 0.1) is 6.04 Å². The second-order valence-electron chi connectivity index (χ2n) is 4.70. The fourth-order valence-electron chi connectivity index (χ4n) is 2.23. The molecule has 1 aliphatic heterocycles.